The second kappa shape index (κ2) is 4.38. The second-order valence-corrected chi connectivity index (χ2v) is 4.98. The summed E-state index contributed by atoms with van der Waals surface area (Å²) in [5.74, 6) is 0. The highest BCUT2D eigenvalue weighted by Crippen LogP contribution is 2.18. The Kier molecular flexibility index (Phi) is 3.15. The number of aromatic nitrogens is 1. The van der Waals surface area contributed by atoms with E-state index in [9.17, 15) is 0 Å². The van der Waals surface area contributed by atoms with E-state index < -0.39 is 0 Å². The first-order valence-corrected chi connectivity index (χ1v) is 6.02. The Morgan fingerprint density at radius 3 is 3.07 bits per heavy atom. The number of hydrogen-bond donors (Lipinski definition) is 2. The van der Waals surface area contributed by atoms with Crippen molar-refractivity contribution < 1.29 is 0 Å². The van der Waals surface area contributed by atoms with E-state index >= 15 is 0 Å². The zero-order chi connectivity index (χ0) is 9.97. The fourth-order valence-electron chi connectivity index (χ4n) is 1.92. The highest BCUT2D eigenvalue weighted by atomic mass is 32.1. The van der Waals surface area contributed by atoms with Crippen molar-refractivity contribution in [3.8, 4) is 0 Å². The first-order chi connectivity index (χ1) is 6.74. The molecule has 0 bridgehead atoms. The van der Waals surface area contributed by atoms with E-state index in [-0.39, 0.29) is 0 Å². The fraction of sp³-hybridized carbons (Fsp3) is 0.700. The van der Waals surface area contributed by atoms with Crippen molar-refractivity contribution in [2.45, 2.75) is 44.8 Å². The Labute approximate surface area is 88.7 Å². The summed E-state index contributed by atoms with van der Waals surface area (Å²) in [6.45, 7) is 2.93. The van der Waals surface area contributed by atoms with Crippen molar-refractivity contribution in [2.24, 2.45) is 5.73 Å². The summed E-state index contributed by atoms with van der Waals surface area (Å²) in [5, 5.41) is 6.79. The summed E-state index contributed by atoms with van der Waals surface area (Å²) in [4.78, 5) is 4.42. The molecule has 3 N–H and O–H groups in total. The number of nitrogens with zero attached hydrogens (tertiary/aromatic N) is 1. The number of hydrogen-bond acceptors (Lipinski definition) is 4. The van der Waals surface area contributed by atoms with Gasteiger partial charge in [-0.25, -0.2) is 4.98 Å². The third kappa shape index (κ3) is 2.53. The molecule has 78 valence electrons. The Morgan fingerprint density at radius 1 is 1.64 bits per heavy atom. The maximum absolute atomic E-state index is 5.85. The number of thiazole rings is 1. The average molecular weight is 211 g/mol. The predicted octanol–water partition coefficient (Wildman–Crippen LogP) is 1.42. The van der Waals surface area contributed by atoms with Crippen LogP contribution in [0.15, 0.2) is 5.38 Å². The van der Waals surface area contributed by atoms with Gasteiger partial charge < -0.3 is 11.1 Å². The maximum atomic E-state index is 5.85. The van der Waals surface area contributed by atoms with Crippen LogP contribution in [0.3, 0.4) is 0 Å². The molecule has 1 aromatic heterocycles. The Balaban J connectivity index is 1.77. The molecule has 2 unspecified atom stereocenters. The molecular weight excluding hydrogens is 194 g/mol. The average Bonchev–Trinajstić information content (AvgIpc) is 2.72. The second-order valence-electron chi connectivity index (χ2n) is 4.03. The number of rotatable bonds is 3. The Bertz CT molecular complexity index is 297. The van der Waals surface area contributed by atoms with Gasteiger partial charge in [0.2, 0.25) is 0 Å². The minimum atomic E-state index is 0.408. The van der Waals surface area contributed by atoms with Gasteiger partial charge in [-0.05, 0) is 26.2 Å². The zero-order valence-corrected chi connectivity index (χ0v) is 9.31. The molecule has 2 atom stereocenters. The number of nitrogens with one attached hydrogen (secondary N) is 1. The van der Waals surface area contributed by atoms with E-state index in [0.717, 1.165) is 25.1 Å². The lowest BCUT2D eigenvalue weighted by molar-refractivity contribution is 0.515. The molecular formula is C10H17N3S. The van der Waals surface area contributed by atoms with Gasteiger partial charge in [-0.1, -0.05) is 0 Å². The van der Waals surface area contributed by atoms with Crippen molar-refractivity contribution >= 4 is 11.3 Å². The van der Waals surface area contributed by atoms with Crippen molar-refractivity contribution in [2.75, 3.05) is 0 Å². The van der Waals surface area contributed by atoms with Gasteiger partial charge in [0, 0.05) is 29.7 Å². The van der Waals surface area contributed by atoms with Crippen LogP contribution in [0.1, 0.15) is 30.0 Å². The van der Waals surface area contributed by atoms with Crippen molar-refractivity contribution in [3.63, 3.8) is 0 Å². The minimum Gasteiger partial charge on any atom is -0.328 e. The van der Waals surface area contributed by atoms with Gasteiger partial charge >= 0.3 is 0 Å². The first-order valence-electron chi connectivity index (χ1n) is 5.14. The van der Waals surface area contributed by atoms with Gasteiger partial charge in [-0.15, -0.1) is 11.3 Å². The van der Waals surface area contributed by atoms with Crippen molar-refractivity contribution in [3.05, 3.63) is 16.1 Å². The van der Waals surface area contributed by atoms with Gasteiger partial charge in [0.1, 0.15) is 5.01 Å². The van der Waals surface area contributed by atoms with E-state index in [1.54, 1.807) is 11.3 Å². The number of nitrogens with two attached hydrogens (primary N) is 1. The summed E-state index contributed by atoms with van der Waals surface area (Å²) in [6.07, 6.45) is 3.49. The summed E-state index contributed by atoms with van der Waals surface area (Å²) in [6, 6.07) is 1.01. The molecule has 3 nitrogen and oxygen atoms in total. The van der Waals surface area contributed by atoms with Crippen LogP contribution in [0.4, 0.5) is 0 Å². The summed E-state index contributed by atoms with van der Waals surface area (Å²) >= 11 is 1.73. The third-order valence-electron chi connectivity index (χ3n) is 2.68. The van der Waals surface area contributed by atoms with Crippen LogP contribution in [-0.4, -0.2) is 17.1 Å². The van der Waals surface area contributed by atoms with Crippen LogP contribution in [0.2, 0.25) is 0 Å². The molecule has 1 saturated carbocycles. The van der Waals surface area contributed by atoms with Gasteiger partial charge in [0.15, 0.2) is 0 Å². The molecule has 4 heteroatoms. The van der Waals surface area contributed by atoms with E-state index in [1.807, 2.05) is 6.92 Å². The highest BCUT2D eigenvalue weighted by molar-refractivity contribution is 7.09. The fourth-order valence-corrected chi connectivity index (χ4v) is 2.64. The zero-order valence-electron chi connectivity index (χ0n) is 8.49. The molecule has 1 aliphatic carbocycles. The molecule has 0 spiro atoms. The molecule has 1 fully saturated rings. The quantitative estimate of drug-likeness (QED) is 0.795. The summed E-state index contributed by atoms with van der Waals surface area (Å²) in [5.41, 5.74) is 6.97. The van der Waals surface area contributed by atoms with Crippen molar-refractivity contribution in [1.82, 2.24) is 10.3 Å². The minimum absolute atomic E-state index is 0.408. The molecule has 1 aromatic rings. The molecule has 0 aliphatic heterocycles. The van der Waals surface area contributed by atoms with E-state index in [1.165, 1.54) is 11.4 Å². The van der Waals surface area contributed by atoms with Crippen LogP contribution >= 0.6 is 11.3 Å². The van der Waals surface area contributed by atoms with Crippen LogP contribution in [-0.2, 0) is 6.54 Å². The SMILES string of the molecule is Cc1csc(CNC2CCC(N)C2)n1. The van der Waals surface area contributed by atoms with Crippen LogP contribution in [0.5, 0.6) is 0 Å². The molecule has 0 amide bonds. The van der Waals surface area contributed by atoms with Crippen LogP contribution in [0, 0.1) is 6.92 Å². The number of aryl methyl sites for hydroxylation is 1. The van der Waals surface area contributed by atoms with Crippen LogP contribution in [0.25, 0.3) is 0 Å². The molecule has 14 heavy (non-hydrogen) atoms. The molecule has 0 aromatic carbocycles. The van der Waals surface area contributed by atoms with E-state index in [4.69, 9.17) is 5.73 Å². The van der Waals surface area contributed by atoms with Gasteiger partial charge in [0.25, 0.3) is 0 Å². The third-order valence-corrected chi connectivity index (χ3v) is 3.65. The summed E-state index contributed by atoms with van der Waals surface area (Å²) in [7, 11) is 0. The molecule has 2 rings (SSSR count). The Morgan fingerprint density at radius 2 is 2.50 bits per heavy atom. The molecule has 1 aliphatic rings. The Hall–Kier alpha value is -0.450. The van der Waals surface area contributed by atoms with E-state index in [2.05, 4.69) is 15.7 Å². The topological polar surface area (TPSA) is 50.9 Å². The smallest absolute Gasteiger partial charge is 0.107 e. The van der Waals surface area contributed by atoms with Gasteiger partial charge in [0.05, 0.1) is 0 Å². The predicted molar refractivity (Wildman–Crippen MR) is 59.3 cm³/mol. The first kappa shape index (κ1) is 10.1. The van der Waals surface area contributed by atoms with Gasteiger partial charge in [-0.2, -0.15) is 0 Å². The molecule has 0 radical (unpaired) electrons. The lowest BCUT2D eigenvalue weighted by atomic mass is 10.2. The van der Waals surface area contributed by atoms with Gasteiger partial charge in [-0.3, -0.25) is 0 Å². The molecule has 1 heterocycles. The van der Waals surface area contributed by atoms with E-state index in [0.29, 0.717) is 12.1 Å². The highest BCUT2D eigenvalue weighted by Gasteiger charge is 2.20. The largest absolute Gasteiger partial charge is 0.328 e. The molecule has 0 saturated heterocycles. The summed E-state index contributed by atoms with van der Waals surface area (Å²) < 4.78 is 0. The van der Waals surface area contributed by atoms with Crippen molar-refractivity contribution in [1.29, 1.82) is 0 Å². The normalized spacial score (nSPS) is 27.0. The lowest BCUT2D eigenvalue weighted by Gasteiger charge is -2.10. The van der Waals surface area contributed by atoms with Crippen LogP contribution < -0.4 is 11.1 Å². The monoisotopic (exact) mass is 211 g/mol. The maximum Gasteiger partial charge on any atom is 0.107 e. The lowest BCUT2D eigenvalue weighted by Crippen LogP contribution is -2.27. The standard InChI is InChI=1S/C10H17N3S/c1-7-6-14-10(13-7)5-12-9-3-2-8(11)4-9/h6,8-9,12H,2-5,11H2,1H3.